The number of rotatable bonds is 3. The molecule has 0 bridgehead atoms. The molecular weight excluding hydrogens is 259 g/mol. The molecule has 0 saturated carbocycles. The van der Waals surface area contributed by atoms with E-state index in [2.05, 4.69) is 20.7 Å². The second-order valence-electron chi connectivity index (χ2n) is 3.29. The minimum Gasteiger partial charge on any atom is -0.409 e. The molecule has 94 valence electrons. The Balaban J connectivity index is 2.45. The molecule has 0 spiro atoms. The fourth-order valence-corrected chi connectivity index (χ4v) is 2.19. The van der Waals surface area contributed by atoms with Crippen molar-refractivity contribution in [1.82, 2.24) is 20.2 Å². The number of benzene rings is 1. The van der Waals surface area contributed by atoms with Crippen molar-refractivity contribution in [2.24, 2.45) is 17.9 Å². The van der Waals surface area contributed by atoms with Gasteiger partial charge in [0.2, 0.25) is 5.16 Å². The summed E-state index contributed by atoms with van der Waals surface area (Å²) in [7, 11) is 1.66. The van der Waals surface area contributed by atoms with Crippen molar-refractivity contribution < 1.29 is 9.60 Å². The van der Waals surface area contributed by atoms with Gasteiger partial charge >= 0.3 is 0 Å². The van der Waals surface area contributed by atoms with Gasteiger partial charge in [0, 0.05) is 11.9 Å². The first-order valence-corrected chi connectivity index (χ1v) is 5.61. The number of oxime groups is 1. The van der Waals surface area contributed by atoms with Crippen molar-refractivity contribution in [2.45, 2.75) is 10.1 Å². The molecule has 9 heteroatoms. The molecule has 0 fully saturated rings. The van der Waals surface area contributed by atoms with Gasteiger partial charge in [0.25, 0.3) is 0 Å². The molecule has 2 aromatic rings. The van der Waals surface area contributed by atoms with Gasteiger partial charge in [0.1, 0.15) is 5.82 Å². The summed E-state index contributed by atoms with van der Waals surface area (Å²) >= 11 is 1.12. The van der Waals surface area contributed by atoms with Crippen LogP contribution >= 0.6 is 11.8 Å². The van der Waals surface area contributed by atoms with Crippen LogP contribution in [0.1, 0.15) is 5.56 Å². The number of nitrogens with zero attached hydrogens (tertiary/aromatic N) is 5. The van der Waals surface area contributed by atoms with E-state index in [9.17, 15) is 4.39 Å². The van der Waals surface area contributed by atoms with Crippen LogP contribution in [0, 0.1) is 5.82 Å². The van der Waals surface area contributed by atoms with Crippen LogP contribution in [0.15, 0.2) is 33.4 Å². The number of aryl methyl sites for hydroxylation is 1. The van der Waals surface area contributed by atoms with E-state index in [0.29, 0.717) is 10.1 Å². The minimum atomic E-state index is -0.578. The molecule has 3 N–H and O–H groups in total. The summed E-state index contributed by atoms with van der Waals surface area (Å²) in [6, 6.07) is 4.39. The summed E-state index contributed by atoms with van der Waals surface area (Å²) in [6.07, 6.45) is 0. The number of nitrogens with two attached hydrogens (primary N) is 1. The molecule has 0 aliphatic heterocycles. The van der Waals surface area contributed by atoms with Gasteiger partial charge in [-0.1, -0.05) is 11.2 Å². The summed E-state index contributed by atoms with van der Waals surface area (Å²) in [4.78, 5) is 0.461. The van der Waals surface area contributed by atoms with Gasteiger partial charge in [-0.15, -0.1) is 5.10 Å². The van der Waals surface area contributed by atoms with E-state index in [1.54, 1.807) is 13.1 Å². The molecule has 1 aromatic carbocycles. The summed E-state index contributed by atoms with van der Waals surface area (Å²) < 4.78 is 15.1. The van der Waals surface area contributed by atoms with Crippen molar-refractivity contribution >= 4 is 17.6 Å². The van der Waals surface area contributed by atoms with Crippen LogP contribution in [-0.2, 0) is 7.05 Å². The van der Waals surface area contributed by atoms with Crippen LogP contribution in [0.25, 0.3) is 0 Å². The molecule has 1 heterocycles. The highest BCUT2D eigenvalue weighted by molar-refractivity contribution is 7.99. The van der Waals surface area contributed by atoms with Gasteiger partial charge in [0.05, 0.1) is 5.56 Å². The summed E-state index contributed by atoms with van der Waals surface area (Å²) in [5, 5.41) is 22.8. The zero-order valence-corrected chi connectivity index (χ0v) is 10.1. The molecule has 0 amide bonds. The van der Waals surface area contributed by atoms with E-state index in [1.165, 1.54) is 16.8 Å². The molecule has 1 aromatic heterocycles. The third-order valence-corrected chi connectivity index (χ3v) is 3.21. The van der Waals surface area contributed by atoms with E-state index in [4.69, 9.17) is 10.9 Å². The second kappa shape index (κ2) is 5.00. The van der Waals surface area contributed by atoms with Gasteiger partial charge in [-0.3, -0.25) is 0 Å². The molecule has 0 saturated heterocycles. The topological polar surface area (TPSA) is 102 Å². The SMILES string of the molecule is Cn1nnnc1Sc1cccc(F)c1C(N)=NO. The first-order valence-electron chi connectivity index (χ1n) is 4.80. The highest BCUT2D eigenvalue weighted by atomic mass is 32.2. The Morgan fingerprint density at radius 3 is 2.94 bits per heavy atom. The van der Waals surface area contributed by atoms with Crippen molar-refractivity contribution in [1.29, 1.82) is 0 Å². The van der Waals surface area contributed by atoms with Crippen LogP contribution in [0.5, 0.6) is 0 Å². The maximum atomic E-state index is 13.7. The molecule has 2 rings (SSSR count). The van der Waals surface area contributed by atoms with E-state index in [-0.39, 0.29) is 11.4 Å². The highest BCUT2D eigenvalue weighted by Gasteiger charge is 2.16. The van der Waals surface area contributed by atoms with Gasteiger partial charge in [0.15, 0.2) is 5.84 Å². The van der Waals surface area contributed by atoms with Crippen LogP contribution < -0.4 is 5.73 Å². The van der Waals surface area contributed by atoms with Crippen LogP contribution in [0.3, 0.4) is 0 Å². The normalized spacial score (nSPS) is 11.8. The van der Waals surface area contributed by atoms with Crippen molar-refractivity contribution in [3.05, 3.63) is 29.6 Å². The molecule has 0 atom stereocenters. The average molecular weight is 268 g/mol. The molecule has 18 heavy (non-hydrogen) atoms. The van der Waals surface area contributed by atoms with E-state index in [1.807, 2.05) is 0 Å². The van der Waals surface area contributed by atoms with Crippen LogP contribution in [0.2, 0.25) is 0 Å². The number of amidine groups is 1. The maximum Gasteiger partial charge on any atom is 0.213 e. The van der Waals surface area contributed by atoms with Gasteiger partial charge < -0.3 is 10.9 Å². The Hall–Kier alpha value is -2.16. The Labute approximate surface area is 105 Å². The monoisotopic (exact) mass is 268 g/mol. The van der Waals surface area contributed by atoms with Gasteiger partial charge in [-0.05, 0) is 34.3 Å². The van der Waals surface area contributed by atoms with Crippen molar-refractivity contribution in [3.63, 3.8) is 0 Å². The number of tetrazole rings is 1. The fourth-order valence-electron chi connectivity index (χ4n) is 1.29. The molecule has 0 aliphatic rings. The molecule has 0 radical (unpaired) electrons. The Bertz CT molecular complexity index is 598. The lowest BCUT2D eigenvalue weighted by atomic mass is 10.2. The first-order chi connectivity index (χ1) is 8.63. The zero-order valence-electron chi connectivity index (χ0n) is 9.28. The van der Waals surface area contributed by atoms with E-state index in [0.717, 1.165) is 11.8 Å². The number of aromatic nitrogens is 4. The van der Waals surface area contributed by atoms with E-state index >= 15 is 0 Å². The van der Waals surface area contributed by atoms with Crippen LogP contribution in [0.4, 0.5) is 4.39 Å². The molecule has 7 nitrogen and oxygen atoms in total. The minimum absolute atomic E-state index is 0.0213. The molecular formula is C9H9FN6OS. The third kappa shape index (κ3) is 2.25. The Morgan fingerprint density at radius 2 is 2.33 bits per heavy atom. The number of halogens is 1. The predicted octanol–water partition coefficient (Wildman–Crippen LogP) is 0.595. The third-order valence-electron chi connectivity index (χ3n) is 2.12. The van der Waals surface area contributed by atoms with Crippen LogP contribution in [-0.4, -0.2) is 31.3 Å². The number of hydrogen-bond acceptors (Lipinski definition) is 6. The van der Waals surface area contributed by atoms with Gasteiger partial charge in [-0.2, -0.15) is 0 Å². The predicted molar refractivity (Wildman–Crippen MR) is 61.8 cm³/mol. The first kappa shape index (κ1) is 12.3. The van der Waals surface area contributed by atoms with Crippen molar-refractivity contribution in [2.75, 3.05) is 0 Å². The average Bonchev–Trinajstić information content (AvgIpc) is 2.74. The second-order valence-corrected chi connectivity index (χ2v) is 4.29. The molecule has 0 unspecified atom stereocenters. The summed E-state index contributed by atoms with van der Waals surface area (Å²) in [5.41, 5.74) is 5.47. The number of hydrogen-bond donors (Lipinski definition) is 2. The fraction of sp³-hybridized carbons (Fsp3) is 0.111. The van der Waals surface area contributed by atoms with E-state index < -0.39 is 5.82 Å². The highest BCUT2D eigenvalue weighted by Crippen LogP contribution is 2.29. The lowest BCUT2D eigenvalue weighted by Gasteiger charge is -2.07. The lowest BCUT2D eigenvalue weighted by Crippen LogP contribution is -2.16. The quantitative estimate of drug-likeness (QED) is 0.365. The van der Waals surface area contributed by atoms with Crippen molar-refractivity contribution in [3.8, 4) is 0 Å². The largest absolute Gasteiger partial charge is 0.409 e. The Morgan fingerprint density at radius 1 is 1.56 bits per heavy atom. The molecule has 0 aliphatic carbocycles. The van der Waals surface area contributed by atoms with Gasteiger partial charge in [-0.25, -0.2) is 9.07 Å². The zero-order chi connectivity index (χ0) is 13.1. The Kier molecular flexibility index (Phi) is 3.42. The maximum absolute atomic E-state index is 13.7. The smallest absolute Gasteiger partial charge is 0.213 e. The summed E-state index contributed by atoms with van der Waals surface area (Å²) in [6.45, 7) is 0. The standard InChI is InChI=1S/C9H9FN6OS/c1-16-9(12-14-15-16)18-6-4-2-3-5(10)7(6)8(11)13-17/h2-4,17H,1H3,(H2,11,13). The summed E-state index contributed by atoms with van der Waals surface area (Å²) in [5.74, 6) is -0.879. The lowest BCUT2D eigenvalue weighted by molar-refractivity contribution is 0.318.